The maximum Gasteiger partial charge on any atom is 0.244 e. The van der Waals surface area contributed by atoms with Gasteiger partial charge in [-0.3, -0.25) is 9.48 Å². The molecule has 1 N–H and O–H groups in total. The third kappa shape index (κ3) is 3.99. The zero-order valence-corrected chi connectivity index (χ0v) is 15.0. The molecule has 5 nitrogen and oxygen atoms in total. The molecule has 1 saturated heterocycles. The van der Waals surface area contributed by atoms with E-state index in [1.165, 1.54) is 4.90 Å². The Morgan fingerprint density at radius 3 is 2.88 bits per heavy atom. The molecular formula is C18H24N4OS. The van der Waals surface area contributed by atoms with Crippen molar-refractivity contribution in [2.75, 3.05) is 25.9 Å². The van der Waals surface area contributed by atoms with Gasteiger partial charge in [0.05, 0.1) is 6.20 Å². The van der Waals surface area contributed by atoms with Crippen molar-refractivity contribution in [3.05, 3.63) is 48.3 Å². The lowest BCUT2D eigenvalue weighted by molar-refractivity contribution is -0.132. The van der Waals surface area contributed by atoms with Gasteiger partial charge in [0, 0.05) is 42.5 Å². The van der Waals surface area contributed by atoms with E-state index in [0.29, 0.717) is 5.92 Å². The summed E-state index contributed by atoms with van der Waals surface area (Å²) in [7, 11) is 3.70. The number of rotatable bonds is 6. The van der Waals surface area contributed by atoms with E-state index in [1.54, 1.807) is 10.9 Å². The van der Waals surface area contributed by atoms with E-state index in [9.17, 15) is 4.79 Å². The zero-order valence-electron chi connectivity index (χ0n) is 14.2. The van der Waals surface area contributed by atoms with E-state index in [4.69, 9.17) is 0 Å². The molecule has 2 unspecified atom stereocenters. The summed E-state index contributed by atoms with van der Waals surface area (Å²) in [5.41, 5.74) is 0.923. The first-order valence-corrected chi connectivity index (χ1v) is 9.28. The first-order valence-electron chi connectivity index (χ1n) is 8.30. The highest BCUT2D eigenvalue weighted by atomic mass is 32.2. The van der Waals surface area contributed by atoms with Crippen LogP contribution in [0.4, 0.5) is 0 Å². The summed E-state index contributed by atoms with van der Waals surface area (Å²) < 4.78 is 1.73. The lowest BCUT2D eigenvalue weighted by Gasteiger charge is -2.22. The third-order valence-electron chi connectivity index (χ3n) is 4.42. The molecule has 1 fully saturated rings. The second-order valence-corrected chi connectivity index (χ2v) is 7.33. The molecule has 0 radical (unpaired) electrons. The second-order valence-electron chi connectivity index (χ2n) is 6.23. The monoisotopic (exact) mass is 344 g/mol. The normalized spacial score (nSPS) is 18.8. The number of hydrogen-bond acceptors (Lipinski definition) is 4. The summed E-state index contributed by atoms with van der Waals surface area (Å²) in [6, 6.07) is 10.1. The number of hydrogen-bond donors (Lipinski definition) is 1. The summed E-state index contributed by atoms with van der Waals surface area (Å²) in [6.07, 6.45) is 4.74. The Morgan fingerprint density at radius 1 is 1.42 bits per heavy atom. The van der Waals surface area contributed by atoms with E-state index in [1.807, 2.05) is 43.0 Å². The maximum absolute atomic E-state index is 12.8. The number of carbonyl (C=O) groups excluding carboxylic acids is 1. The molecule has 128 valence electrons. The highest BCUT2D eigenvalue weighted by Crippen LogP contribution is 2.27. The summed E-state index contributed by atoms with van der Waals surface area (Å²) in [4.78, 5) is 16.1. The number of aryl methyl sites for hydroxylation is 1. The fraction of sp³-hybridized carbons (Fsp3) is 0.444. The van der Waals surface area contributed by atoms with Crippen molar-refractivity contribution in [1.82, 2.24) is 20.0 Å². The first kappa shape index (κ1) is 17.0. The molecule has 1 aliphatic heterocycles. The second kappa shape index (κ2) is 7.85. The molecule has 0 saturated carbocycles. The van der Waals surface area contributed by atoms with Crippen LogP contribution in [-0.4, -0.2) is 46.5 Å². The molecule has 0 aliphatic carbocycles. The summed E-state index contributed by atoms with van der Waals surface area (Å²) in [5, 5.41) is 7.31. The minimum atomic E-state index is -0.306. The number of amides is 1. The molecule has 1 aromatic carbocycles. The lowest BCUT2D eigenvalue weighted by Crippen LogP contribution is -2.38. The van der Waals surface area contributed by atoms with Crippen LogP contribution in [0.3, 0.4) is 0 Å². The zero-order chi connectivity index (χ0) is 16.9. The van der Waals surface area contributed by atoms with Gasteiger partial charge < -0.3 is 10.2 Å². The van der Waals surface area contributed by atoms with Crippen LogP contribution in [0.1, 0.15) is 18.0 Å². The van der Waals surface area contributed by atoms with Crippen molar-refractivity contribution in [2.24, 2.45) is 13.0 Å². The van der Waals surface area contributed by atoms with Crippen LogP contribution in [0.2, 0.25) is 0 Å². The first-order chi connectivity index (χ1) is 11.7. The number of benzene rings is 1. The Hall–Kier alpha value is -1.79. The van der Waals surface area contributed by atoms with Crippen molar-refractivity contribution in [2.45, 2.75) is 17.4 Å². The van der Waals surface area contributed by atoms with Crippen LogP contribution < -0.4 is 5.32 Å². The predicted molar refractivity (Wildman–Crippen MR) is 96.9 cm³/mol. The van der Waals surface area contributed by atoms with Gasteiger partial charge in [0.25, 0.3) is 0 Å². The molecule has 0 bridgehead atoms. The molecule has 2 heterocycles. The van der Waals surface area contributed by atoms with Crippen LogP contribution in [0.15, 0.2) is 47.6 Å². The molecule has 1 aliphatic rings. The van der Waals surface area contributed by atoms with Gasteiger partial charge in [0.2, 0.25) is 5.91 Å². The Bertz CT molecular complexity index is 673. The number of aromatic nitrogens is 2. The number of carbonyl (C=O) groups is 1. The van der Waals surface area contributed by atoms with E-state index < -0.39 is 0 Å². The number of likely N-dealkylation sites (N-methyl/N-ethyl adjacent to an activating group) is 1. The molecule has 1 aromatic heterocycles. The van der Waals surface area contributed by atoms with Gasteiger partial charge in [0.1, 0.15) is 6.04 Å². The van der Waals surface area contributed by atoms with Gasteiger partial charge in [-0.25, -0.2) is 0 Å². The van der Waals surface area contributed by atoms with Gasteiger partial charge in [0.15, 0.2) is 0 Å². The molecule has 1 amide bonds. The van der Waals surface area contributed by atoms with E-state index in [0.717, 1.165) is 30.8 Å². The Balaban J connectivity index is 1.55. The number of thioether (sulfide) groups is 1. The van der Waals surface area contributed by atoms with Crippen molar-refractivity contribution in [3.8, 4) is 0 Å². The van der Waals surface area contributed by atoms with Crippen LogP contribution in [0.25, 0.3) is 0 Å². The minimum absolute atomic E-state index is 0.151. The standard InChI is InChI=1S/C18H24N4OS/c1-19-17(15-10-20-21(2)12-15)18(23)22-9-8-14(11-22)13-24-16-6-4-3-5-7-16/h3-7,10,12,14,17,19H,8-9,11,13H2,1-2H3. The highest BCUT2D eigenvalue weighted by molar-refractivity contribution is 7.99. The lowest BCUT2D eigenvalue weighted by atomic mass is 10.1. The van der Waals surface area contributed by atoms with Gasteiger partial charge in [-0.05, 0) is 31.5 Å². The van der Waals surface area contributed by atoms with Crippen LogP contribution in [0, 0.1) is 5.92 Å². The fourth-order valence-corrected chi connectivity index (χ4v) is 4.15. The molecule has 3 rings (SSSR count). The summed E-state index contributed by atoms with van der Waals surface area (Å²) in [5.74, 6) is 1.77. The predicted octanol–water partition coefficient (Wildman–Crippen LogP) is 2.32. The van der Waals surface area contributed by atoms with Gasteiger partial charge in [-0.1, -0.05) is 18.2 Å². The quantitative estimate of drug-likeness (QED) is 0.817. The van der Waals surface area contributed by atoms with Crippen molar-refractivity contribution in [3.63, 3.8) is 0 Å². The van der Waals surface area contributed by atoms with Crippen LogP contribution >= 0.6 is 11.8 Å². The van der Waals surface area contributed by atoms with Gasteiger partial charge in [-0.2, -0.15) is 5.10 Å². The average molecular weight is 344 g/mol. The largest absolute Gasteiger partial charge is 0.341 e. The summed E-state index contributed by atoms with van der Waals surface area (Å²) in [6.45, 7) is 1.69. The molecule has 6 heteroatoms. The summed E-state index contributed by atoms with van der Waals surface area (Å²) >= 11 is 1.88. The van der Waals surface area contributed by atoms with Crippen LogP contribution in [0.5, 0.6) is 0 Å². The van der Waals surface area contributed by atoms with E-state index >= 15 is 0 Å². The molecular weight excluding hydrogens is 320 g/mol. The number of likely N-dealkylation sites (tertiary alicyclic amines) is 1. The molecule has 0 spiro atoms. The smallest absolute Gasteiger partial charge is 0.244 e. The topological polar surface area (TPSA) is 50.2 Å². The van der Waals surface area contributed by atoms with E-state index in [-0.39, 0.29) is 11.9 Å². The number of nitrogens with one attached hydrogen (secondary N) is 1. The minimum Gasteiger partial charge on any atom is -0.341 e. The van der Waals surface area contributed by atoms with Gasteiger partial charge in [-0.15, -0.1) is 11.8 Å². The van der Waals surface area contributed by atoms with E-state index in [2.05, 4.69) is 34.7 Å². The SMILES string of the molecule is CNC(C(=O)N1CCC(CSc2ccccc2)C1)c1cnn(C)c1. The Kier molecular flexibility index (Phi) is 5.58. The fourth-order valence-electron chi connectivity index (χ4n) is 3.10. The number of nitrogens with zero attached hydrogens (tertiary/aromatic N) is 3. The Labute approximate surface area is 147 Å². The van der Waals surface area contributed by atoms with Crippen molar-refractivity contribution in [1.29, 1.82) is 0 Å². The average Bonchev–Trinajstić information content (AvgIpc) is 3.24. The molecule has 24 heavy (non-hydrogen) atoms. The molecule has 2 atom stereocenters. The molecule has 2 aromatic rings. The highest BCUT2D eigenvalue weighted by Gasteiger charge is 2.31. The van der Waals surface area contributed by atoms with Crippen molar-refractivity contribution >= 4 is 17.7 Å². The Morgan fingerprint density at radius 2 is 2.21 bits per heavy atom. The van der Waals surface area contributed by atoms with Crippen molar-refractivity contribution < 1.29 is 4.79 Å². The van der Waals surface area contributed by atoms with Gasteiger partial charge >= 0.3 is 0 Å². The maximum atomic E-state index is 12.8. The van der Waals surface area contributed by atoms with Crippen LogP contribution in [-0.2, 0) is 11.8 Å². The third-order valence-corrected chi connectivity index (χ3v) is 5.66.